The van der Waals surface area contributed by atoms with Gasteiger partial charge in [-0.1, -0.05) is 0 Å². The van der Waals surface area contributed by atoms with Crippen molar-refractivity contribution in [3.63, 3.8) is 0 Å². The quantitative estimate of drug-likeness (QED) is 0.217. The Morgan fingerprint density at radius 2 is 0.619 bits per heavy atom. The van der Waals surface area contributed by atoms with Crippen molar-refractivity contribution in [2.75, 3.05) is 0 Å². The molecule has 0 aliphatic rings. The SMILES string of the molecule is O=C([O-])CCCCC(=O)[O-].O=C([O-])CCCCC(=O)[O-].[Pb]. The van der Waals surface area contributed by atoms with Crippen molar-refractivity contribution in [2.45, 2.75) is 51.4 Å². The maximum absolute atomic E-state index is 9.77. The van der Waals surface area contributed by atoms with E-state index in [1.165, 1.54) is 0 Å². The predicted molar refractivity (Wildman–Crippen MR) is 62.7 cm³/mol. The number of hydrogen-bond donors (Lipinski definition) is 0. The Hall–Kier alpha value is -1.20. The second kappa shape index (κ2) is 16.9. The number of aliphatic carboxylic acids is 4. The first kappa shape index (κ1) is 24.8. The van der Waals surface area contributed by atoms with Crippen molar-refractivity contribution in [1.82, 2.24) is 0 Å². The van der Waals surface area contributed by atoms with E-state index in [2.05, 4.69) is 0 Å². The average molecular weight is 495 g/mol. The minimum Gasteiger partial charge on any atom is -0.550 e. The van der Waals surface area contributed by atoms with Crippen LogP contribution in [0.5, 0.6) is 0 Å². The minimum absolute atomic E-state index is 0. The van der Waals surface area contributed by atoms with Crippen molar-refractivity contribution in [2.24, 2.45) is 0 Å². The summed E-state index contributed by atoms with van der Waals surface area (Å²) in [7, 11) is 0. The molecular formula is C12H16O8Pb-4. The Labute approximate surface area is 142 Å². The van der Waals surface area contributed by atoms with Gasteiger partial charge >= 0.3 is 0 Å². The summed E-state index contributed by atoms with van der Waals surface area (Å²) in [6.45, 7) is 0. The molecule has 21 heavy (non-hydrogen) atoms. The van der Waals surface area contributed by atoms with Gasteiger partial charge in [0.15, 0.2) is 0 Å². The molecule has 0 saturated heterocycles. The second-order valence-electron chi connectivity index (χ2n) is 3.90. The van der Waals surface area contributed by atoms with Crippen LogP contribution in [0.15, 0.2) is 0 Å². The smallest absolute Gasteiger partial charge is 0.0414 e. The molecule has 0 aliphatic heterocycles. The summed E-state index contributed by atoms with van der Waals surface area (Å²) in [5, 5.41) is 39.1. The third-order valence-electron chi connectivity index (χ3n) is 2.02. The summed E-state index contributed by atoms with van der Waals surface area (Å²) >= 11 is 0. The average Bonchev–Trinajstić information content (AvgIpc) is 2.30. The molecular weight excluding hydrogens is 479 g/mol. The van der Waals surface area contributed by atoms with E-state index in [0.29, 0.717) is 25.7 Å². The van der Waals surface area contributed by atoms with Crippen LogP contribution >= 0.6 is 0 Å². The van der Waals surface area contributed by atoms with E-state index in [-0.39, 0.29) is 53.0 Å². The molecule has 8 nitrogen and oxygen atoms in total. The van der Waals surface area contributed by atoms with Gasteiger partial charge in [0.25, 0.3) is 0 Å². The van der Waals surface area contributed by atoms with Crippen LogP contribution < -0.4 is 20.4 Å². The second-order valence-corrected chi connectivity index (χ2v) is 3.90. The maximum Gasteiger partial charge on any atom is 0.0414 e. The van der Waals surface area contributed by atoms with Crippen molar-refractivity contribution < 1.29 is 39.6 Å². The standard InChI is InChI=1S/2C6H10O4.Pb/c2*7-5(8)3-1-2-4-6(9)10;/h2*1-4H2,(H,7,8)(H,9,10);/p-4. The molecule has 0 fully saturated rings. The van der Waals surface area contributed by atoms with E-state index < -0.39 is 23.9 Å². The molecule has 0 unspecified atom stereocenters. The molecule has 0 aromatic rings. The van der Waals surface area contributed by atoms with Gasteiger partial charge < -0.3 is 39.6 Å². The van der Waals surface area contributed by atoms with Gasteiger partial charge in [0, 0.05) is 51.2 Å². The zero-order valence-electron chi connectivity index (χ0n) is 11.4. The fourth-order valence-corrected chi connectivity index (χ4v) is 1.08. The number of rotatable bonds is 10. The summed E-state index contributed by atoms with van der Waals surface area (Å²) in [6.07, 6.45) is 1.07. The monoisotopic (exact) mass is 496 g/mol. The van der Waals surface area contributed by atoms with Crippen LogP contribution in [0, 0.1) is 0 Å². The molecule has 0 amide bonds. The van der Waals surface area contributed by atoms with Crippen LogP contribution in [-0.4, -0.2) is 51.2 Å². The zero-order chi connectivity index (χ0) is 16.0. The third kappa shape index (κ3) is 32.4. The first-order chi connectivity index (χ1) is 9.25. The van der Waals surface area contributed by atoms with E-state index in [1.54, 1.807) is 0 Å². The largest absolute Gasteiger partial charge is 0.550 e. The summed E-state index contributed by atoms with van der Waals surface area (Å²) in [4.78, 5) is 39.1. The molecule has 0 N–H and O–H groups in total. The molecule has 0 atom stereocenters. The van der Waals surface area contributed by atoms with Crippen LogP contribution in [0.4, 0.5) is 0 Å². The van der Waals surface area contributed by atoms with Gasteiger partial charge in [0.2, 0.25) is 0 Å². The van der Waals surface area contributed by atoms with Crippen molar-refractivity contribution in [1.29, 1.82) is 0 Å². The predicted octanol–water partition coefficient (Wildman–Crippen LogP) is -4.29. The first-order valence-electron chi connectivity index (χ1n) is 6.05. The van der Waals surface area contributed by atoms with E-state index in [4.69, 9.17) is 0 Å². The molecule has 4 radical (unpaired) electrons. The molecule has 0 bridgehead atoms. The van der Waals surface area contributed by atoms with Gasteiger partial charge in [-0.05, 0) is 51.4 Å². The summed E-state index contributed by atoms with van der Waals surface area (Å²) < 4.78 is 0. The number of unbranched alkanes of at least 4 members (excludes halogenated alkanes) is 2. The van der Waals surface area contributed by atoms with Crippen LogP contribution in [0.2, 0.25) is 0 Å². The molecule has 0 aliphatic carbocycles. The fraction of sp³-hybridized carbons (Fsp3) is 0.667. The molecule has 0 heterocycles. The van der Waals surface area contributed by atoms with Gasteiger partial charge in [-0.15, -0.1) is 0 Å². The Bertz CT molecular complexity index is 265. The van der Waals surface area contributed by atoms with Crippen LogP contribution in [-0.2, 0) is 19.2 Å². The van der Waals surface area contributed by atoms with Crippen LogP contribution in [0.25, 0.3) is 0 Å². The molecule has 0 aromatic carbocycles. The Morgan fingerprint density at radius 3 is 0.714 bits per heavy atom. The fourth-order valence-electron chi connectivity index (χ4n) is 1.08. The van der Waals surface area contributed by atoms with Crippen LogP contribution in [0.1, 0.15) is 51.4 Å². The number of carboxylic acid groups (broad SMARTS) is 4. The summed E-state index contributed by atoms with van der Waals surface area (Å²) in [5.41, 5.74) is 0. The molecule has 9 heteroatoms. The van der Waals surface area contributed by atoms with Gasteiger partial charge in [-0.25, -0.2) is 0 Å². The van der Waals surface area contributed by atoms with Gasteiger partial charge in [-0.3, -0.25) is 0 Å². The first-order valence-corrected chi connectivity index (χ1v) is 6.05. The Balaban J connectivity index is -0.000000295. The normalized spacial score (nSPS) is 8.76. The van der Waals surface area contributed by atoms with Gasteiger partial charge in [0.05, 0.1) is 0 Å². The zero-order valence-corrected chi connectivity index (χ0v) is 15.3. The molecule has 0 spiro atoms. The molecule has 0 aromatic heterocycles. The maximum atomic E-state index is 9.77. The van der Waals surface area contributed by atoms with Crippen LogP contribution in [0.3, 0.4) is 0 Å². The molecule has 120 valence electrons. The van der Waals surface area contributed by atoms with Crippen molar-refractivity contribution in [3.05, 3.63) is 0 Å². The third-order valence-corrected chi connectivity index (χ3v) is 2.02. The van der Waals surface area contributed by atoms with E-state index >= 15 is 0 Å². The van der Waals surface area contributed by atoms with Crippen molar-refractivity contribution >= 4 is 51.2 Å². The van der Waals surface area contributed by atoms with E-state index in [1.807, 2.05) is 0 Å². The van der Waals surface area contributed by atoms with E-state index in [0.717, 1.165) is 0 Å². The minimum atomic E-state index is -1.14. The topological polar surface area (TPSA) is 161 Å². The van der Waals surface area contributed by atoms with Gasteiger partial charge in [0.1, 0.15) is 0 Å². The number of carboxylic acids is 4. The molecule has 0 saturated carbocycles. The molecule has 0 rings (SSSR count). The van der Waals surface area contributed by atoms with Gasteiger partial charge in [-0.2, -0.15) is 0 Å². The Morgan fingerprint density at radius 1 is 0.476 bits per heavy atom. The van der Waals surface area contributed by atoms with E-state index in [9.17, 15) is 39.6 Å². The van der Waals surface area contributed by atoms with Crippen molar-refractivity contribution in [3.8, 4) is 0 Å². The summed E-state index contributed by atoms with van der Waals surface area (Å²) in [6, 6.07) is 0. The number of carbonyl (C=O) groups excluding carboxylic acids is 4. The summed E-state index contributed by atoms with van der Waals surface area (Å²) in [5.74, 6) is -4.56. The Kier molecular flexibility index (Phi) is 19.9. The number of hydrogen-bond acceptors (Lipinski definition) is 8. The number of carbonyl (C=O) groups is 4.